The topological polar surface area (TPSA) is 64.8 Å². The number of hydrogen-bond acceptors (Lipinski definition) is 5. The molecule has 0 spiro atoms. The highest BCUT2D eigenvalue weighted by molar-refractivity contribution is 5.57. The molecule has 0 saturated carbocycles. The van der Waals surface area contributed by atoms with E-state index in [1.54, 1.807) is 32.4 Å². The second-order valence-electron chi connectivity index (χ2n) is 4.78. The molecule has 2 aromatic carbocycles. The summed E-state index contributed by atoms with van der Waals surface area (Å²) in [6.45, 7) is 0.423. The van der Waals surface area contributed by atoms with Crippen LogP contribution in [0, 0.1) is 10.1 Å². The normalized spacial score (nSPS) is 10.1. The largest absolute Gasteiger partial charge is 0.493 e. The standard InChI is InChI=1S/C16H18N2O4/c1-17(11-12-6-4-5-7-14(12)18(19)20)13-8-9-15(21-2)16(10-13)22-3/h4-10H,11H2,1-3H3. The predicted molar refractivity (Wildman–Crippen MR) is 84.7 cm³/mol. The summed E-state index contributed by atoms with van der Waals surface area (Å²) in [5.41, 5.74) is 1.66. The van der Waals surface area contributed by atoms with E-state index >= 15 is 0 Å². The van der Waals surface area contributed by atoms with Gasteiger partial charge in [0.1, 0.15) is 0 Å². The number of rotatable bonds is 6. The van der Waals surface area contributed by atoms with E-state index in [1.165, 1.54) is 6.07 Å². The second kappa shape index (κ2) is 6.80. The van der Waals surface area contributed by atoms with Crippen molar-refractivity contribution in [1.82, 2.24) is 0 Å². The minimum Gasteiger partial charge on any atom is -0.493 e. The number of anilines is 1. The van der Waals surface area contributed by atoms with Crippen molar-refractivity contribution in [3.63, 3.8) is 0 Å². The Hall–Kier alpha value is -2.76. The molecule has 0 unspecified atom stereocenters. The van der Waals surface area contributed by atoms with Crippen LogP contribution < -0.4 is 14.4 Å². The molecule has 0 aliphatic rings. The number of ether oxygens (including phenoxy) is 2. The van der Waals surface area contributed by atoms with Gasteiger partial charge in [-0.1, -0.05) is 18.2 Å². The summed E-state index contributed by atoms with van der Waals surface area (Å²) < 4.78 is 10.5. The molecule has 2 rings (SSSR count). The van der Waals surface area contributed by atoms with E-state index in [9.17, 15) is 10.1 Å². The highest BCUT2D eigenvalue weighted by Gasteiger charge is 2.15. The monoisotopic (exact) mass is 302 g/mol. The van der Waals surface area contributed by atoms with Crippen LogP contribution in [-0.4, -0.2) is 26.2 Å². The highest BCUT2D eigenvalue weighted by atomic mass is 16.6. The number of methoxy groups -OCH3 is 2. The Morgan fingerprint density at radius 1 is 1.09 bits per heavy atom. The number of para-hydroxylation sites is 1. The number of hydrogen-bond donors (Lipinski definition) is 0. The van der Waals surface area contributed by atoms with Crippen LogP contribution in [0.15, 0.2) is 42.5 Å². The zero-order valence-electron chi connectivity index (χ0n) is 12.8. The summed E-state index contributed by atoms with van der Waals surface area (Å²) in [4.78, 5) is 12.6. The molecule has 0 heterocycles. The lowest BCUT2D eigenvalue weighted by Crippen LogP contribution is -2.17. The Labute approximate surface area is 129 Å². The molecule has 0 aliphatic heterocycles. The van der Waals surface area contributed by atoms with Crippen molar-refractivity contribution in [3.05, 3.63) is 58.1 Å². The van der Waals surface area contributed by atoms with Gasteiger partial charge in [-0.25, -0.2) is 0 Å². The zero-order chi connectivity index (χ0) is 16.1. The lowest BCUT2D eigenvalue weighted by molar-refractivity contribution is -0.385. The predicted octanol–water partition coefficient (Wildman–Crippen LogP) is 3.25. The van der Waals surface area contributed by atoms with E-state index in [4.69, 9.17) is 9.47 Å². The quantitative estimate of drug-likeness (QED) is 0.605. The molecule has 0 saturated heterocycles. The SMILES string of the molecule is COc1ccc(N(C)Cc2ccccc2[N+](=O)[O-])cc1OC. The molecular formula is C16H18N2O4. The van der Waals surface area contributed by atoms with Gasteiger partial charge in [0.15, 0.2) is 11.5 Å². The minimum atomic E-state index is -0.363. The summed E-state index contributed by atoms with van der Waals surface area (Å²) in [6, 6.07) is 12.3. The smallest absolute Gasteiger partial charge is 0.274 e. The maximum absolute atomic E-state index is 11.1. The zero-order valence-corrected chi connectivity index (χ0v) is 12.8. The molecular weight excluding hydrogens is 284 g/mol. The van der Waals surface area contributed by atoms with Gasteiger partial charge in [-0.05, 0) is 12.1 Å². The first-order valence-corrected chi connectivity index (χ1v) is 6.72. The first kappa shape index (κ1) is 15.6. The molecule has 2 aromatic rings. The van der Waals surface area contributed by atoms with E-state index < -0.39 is 0 Å². The maximum atomic E-state index is 11.1. The fourth-order valence-electron chi connectivity index (χ4n) is 2.23. The van der Waals surface area contributed by atoms with E-state index in [2.05, 4.69) is 0 Å². The molecule has 0 bridgehead atoms. The van der Waals surface area contributed by atoms with Crippen LogP contribution in [0.25, 0.3) is 0 Å². The molecule has 0 amide bonds. The summed E-state index contributed by atoms with van der Waals surface area (Å²) in [5, 5.41) is 11.1. The van der Waals surface area contributed by atoms with Crippen molar-refractivity contribution in [2.45, 2.75) is 6.54 Å². The van der Waals surface area contributed by atoms with Gasteiger partial charge in [-0.2, -0.15) is 0 Å². The highest BCUT2D eigenvalue weighted by Crippen LogP contribution is 2.32. The third-order valence-electron chi connectivity index (χ3n) is 3.40. The first-order valence-electron chi connectivity index (χ1n) is 6.72. The lowest BCUT2D eigenvalue weighted by Gasteiger charge is -2.20. The van der Waals surface area contributed by atoms with Crippen LogP contribution in [0.1, 0.15) is 5.56 Å². The molecule has 0 atom stereocenters. The molecule has 116 valence electrons. The maximum Gasteiger partial charge on any atom is 0.274 e. The summed E-state index contributed by atoms with van der Waals surface area (Å²) in [7, 11) is 5.02. The fourth-order valence-corrected chi connectivity index (χ4v) is 2.23. The lowest BCUT2D eigenvalue weighted by atomic mass is 10.1. The molecule has 0 radical (unpaired) electrons. The van der Waals surface area contributed by atoms with Crippen LogP contribution in [0.4, 0.5) is 11.4 Å². The van der Waals surface area contributed by atoms with Crippen molar-refractivity contribution in [1.29, 1.82) is 0 Å². The molecule has 0 fully saturated rings. The van der Waals surface area contributed by atoms with Crippen LogP contribution >= 0.6 is 0 Å². The first-order chi connectivity index (χ1) is 10.6. The van der Waals surface area contributed by atoms with Gasteiger partial charge >= 0.3 is 0 Å². The molecule has 0 aromatic heterocycles. The number of nitrogens with zero attached hydrogens (tertiary/aromatic N) is 2. The van der Waals surface area contributed by atoms with Gasteiger partial charge in [-0.15, -0.1) is 0 Å². The van der Waals surface area contributed by atoms with Crippen LogP contribution in [-0.2, 0) is 6.54 Å². The number of benzene rings is 2. The number of nitro groups is 1. The van der Waals surface area contributed by atoms with Crippen LogP contribution in [0.3, 0.4) is 0 Å². The molecule has 6 nitrogen and oxygen atoms in total. The molecule has 22 heavy (non-hydrogen) atoms. The van der Waals surface area contributed by atoms with Gasteiger partial charge in [0.25, 0.3) is 5.69 Å². The van der Waals surface area contributed by atoms with Crippen molar-refractivity contribution in [2.24, 2.45) is 0 Å². The summed E-state index contributed by atoms with van der Waals surface area (Å²) in [6.07, 6.45) is 0. The van der Waals surface area contributed by atoms with Crippen molar-refractivity contribution >= 4 is 11.4 Å². The second-order valence-corrected chi connectivity index (χ2v) is 4.78. The minimum absolute atomic E-state index is 0.120. The summed E-state index contributed by atoms with van der Waals surface area (Å²) >= 11 is 0. The fraction of sp³-hybridized carbons (Fsp3) is 0.250. The average Bonchev–Trinajstić information content (AvgIpc) is 2.54. The van der Waals surface area contributed by atoms with Gasteiger partial charge in [0, 0.05) is 37.0 Å². The Kier molecular flexibility index (Phi) is 4.83. The van der Waals surface area contributed by atoms with Crippen molar-refractivity contribution < 1.29 is 14.4 Å². The van der Waals surface area contributed by atoms with Crippen molar-refractivity contribution in [2.75, 3.05) is 26.2 Å². The van der Waals surface area contributed by atoms with Gasteiger partial charge in [0.2, 0.25) is 0 Å². The van der Waals surface area contributed by atoms with E-state index in [0.29, 0.717) is 23.6 Å². The van der Waals surface area contributed by atoms with Gasteiger partial charge < -0.3 is 14.4 Å². The summed E-state index contributed by atoms with van der Waals surface area (Å²) in [5.74, 6) is 1.26. The van der Waals surface area contributed by atoms with E-state index in [0.717, 1.165) is 5.69 Å². The number of nitro benzene ring substituents is 1. The Morgan fingerprint density at radius 3 is 2.41 bits per heavy atom. The molecule has 0 N–H and O–H groups in total. The van der Waals surface area contributed by atoms with Gasteiger partial charge in [0.05, 0.1) is 19.1 Å². The van der Waals surface area contributed by atoms with Crippen LogP contribution in [0.5, 0.6) is 11.5 Å². The van der Waals surface area contributed by atoms with Crippen LogP contribution in [0.2, 0.25) is 0 Å². The Balaban J connectivity index is 2.26. The molecule has 6 heteroatoms. The average molecular weight is 302 g/mol. The van der Waals surface area contributed by atoms with Gasteiger partial charge in [-0.3, -0.25) is 10.1 Å². The Morgan fingerprint density at radius 2 is 1.77 bits per heavy atom. The third kappa shape index (κ3) is 3.28. The molecule has 0 aliphatic carbocycles. The van der Waals surface area contributed by atoms with E-state index in [-0.39, 0.29) is 10.6 Å². The third-order valence-corrected chi connectivity index (χ3v) is 3.40. The van der Waals surface area contributed by atoms with E-state index in [1.807, 2.05) is 30.1 Å². The van der Waals surface area contributed by atoms with Crippen molar-refractivity contribution in [3.8, 4) is 11.5 Å². The Bertz CT molecular complexity index is 673.